The van der Waals surface area contributed by atoms with Gasteiger partial charge in [0.2, 0.25) is 0 Å². The summed E-state index contributed by atoms with van der Waals surface area (Å²) >= 11 is -1.48. The Morgan fingerprint density at radius 2 is 0.923 bits per heavy atom. The Bertz CT molecular complexity index is 108. The van der Waals surface area contributed by atoms with Crippen LogP contribution in [0.5, 0.6) is 0 Å². The van der Waals surface area contributed by atoms with Gasteiger partial charge in [-0.1, -0.05) is 0 Å². The Balaban J connectivity index is 4.34. The summed E-state index contributed by atoms with van der Waals surface area (Å²) in [5, 5.41) is 0. The van der Waals surface area contributed by atoms with E-state index in [2.05, 4.69) is 51.1 Å². The minimum absolute atomic E-state index is 1.16. The molecule has 0 aromatic rings. The molecule has 0 fully saturated rings. The normalized spacial score (nSPS) is 12.5. The Morgan fingerprint density at radius 1 is 0.692 bits per heavy atom. The van der Waals surface area contributed by atoms with Crippen molar-refractivity contribution in [1.29, 1.82) is 0 Å². The van der Waals surface area contributed by atoms with Gasteiger partial charge in [-0.15, -0.1) is 0 Å². The van der Waals surface area contributed by atoms with Crippen molar-refractivity contribution in [2.24, 2.45) is 0 Å². The zero-order valence-electron chi connectivity index (χ0n) is 9.91. The fourth-order valence-corrected chi connectivity index (χ4v) is 7.79. The first-order valence-electron chi connectivity index (χ1n) is 5.01. The van der Waals surface area contributed by atoms with Gasteiger partial charge in [-0.25, -0.2) is 0 Å². The molecule has 0 amide bonds. The number of hydrogen-bond donors (Lipinski definition) is 0. The van der Waals surface area contributed by atoms with Crippen molar-refractivity contribution < 1.29 is 0 Å². The van der Waals surface area contributed by atoms with Crippen LogP contribution in [0.1, 0.15) is 20.8 Å². The van der Waals surface area contributed by atoms with Gasteiger partial charge in [-0.2, -0.15) is 0 Å². The molecule has 0 saturated heterocycles. The first kappa shape index (κ1) is 13.7. The van der Waals surface area contributed by atoms with Crippen LogP contribution in [0.2, 0.25) is 0 Å². The van der Waals surface area contributed by atoms with E-state index < -0.39 is 21.0 Å². The summed E-state index contributed by atoms with van der Waals surface area (Å²) in [6.07, 6.45) is 0. The van der Waals surface area contributed by atoms with Crippen LogP contribution in [0.15, 0.2) is 0 Å². The van der Waals surface area contributed by atoms with Gasteiger partial charge >= 0.3 is 91.8 Å². The first-order chi connectivity index (χ1) is 6.08. The summed E-state index contributed by atoms with van der Waals surface area (Å²) < 4.78 is 7.61. The second-order valence-electron chi connectivity index (χ2n) is 3.19. The molecule has 0 N–H and O–H groups in total. The molecule has 0 radical (unpaired) electrons. The van der Waals surface area contributed by atoms with Crippen molar-refractivity contribution in [2.45, 2.75) is 20.8 Å². The van der Waals surface area contributed by atoms with E-state index in [0.29, 0.717) is 0 Å². The van der Waals surface area contributed by atoms with E-state index in [1.165, 1.54) is 0 Å². The second kappa shape index (κ2) is 7.05. The fraction of sp³-hybridized carbons (Fsp3) is 1.00. The summed E-state index contributed by atoms with van der Waals surface area (Å²) in [6.45, 7) is 10.2. The molecule has 0 saturated carbocycles. The summed E-state index contributed by atoms with van der Waals surface area (Å²) in [5.74, 6) is 0. The molecular formula is C9H24N3Sb. The molecule has 3 nitrogen and oxygen atoms in total. The van der Waals surface area contributed by atoms with E-state index in [9.17, 15) is 0 Å². The van der Waals surface area contributed by atoms with Crippen molar-refractivity contribution in [3.63, 3.8) is 0 Å². The minimum atomic E-state index is -1.48. The average molecular weight is 296 g/mol. The van der Waals surface area contributed by atoms with Crippen LogP contribution in [-0.2, 0) is 0 Å². The van der Waals surface area contributed by atoms with E-state index in [1.807, 2.05) is 0 Å². The second-order valence-corrected chi connectivity index (χ2v) is 10.6. The summed E-state index contributed by atoms with van der Waals surface area (Å²) in [5.41, 5.74) is 0. The zero-order valence-corrected chi connectivity index (χ0v) is 12.5. The van der Waals surface area contributed by atoms with Crippen LogP contribution in [0, 0.1) is 0 Å². The van der Waals surface area contributed by atoms with Crippen molar-refractivity contribution in [3.05, 3.63) is 0 Å². The van der Waals surface area contributed by atoms with Crippen LogP contribution in [-0.4, -0.2) is 71.0 Å². The maximum absolute atomic E-state index is 2.54. The fourth-order valence-electron chi connectivity index (χ4n) is 1.16. The van der Waals surface area contributed by atoms with Gasteiger partial charge in [0.1, 0.15) is 0 Å². The molecule has 0 unspecified atom stereocenters. The maximum atomic E-state index is 2.54. The van der Waals surface area contributed by atoms with Gasteiger partial charge in [-0.3, -0.25) is 0 Å². The molecular weight excluding hydrogens is 272 g/mol. The molecule has 13 heavy (non-hydrogen) atoms. The van der Waals surface area contributed by atoms with E-state index in [1.54, 1.807) is 0 Å². The quantitative estimate of drug-likeness (QED) is 0.672. The third kappa shape index (κ3) is 4.16. The molecule has 4 heteroatoms. The molecule has 0 aliphatic rings. The first-order valence-corrected chi connectivity index (χ1v) is 8.44. The van der Waals surface area contributed by atoms with E-state index in [-0.39, 0.29) is 0 Å². The molecule has 0 aromatic heterocycles. The van der Waals surface area contributed by atoms with Gasteiger partial charge in [0.15, 0.2) is 0 Å². The van der Waals surface area contributed by atoms with Gasteiger partial charge in [0.05, 0.1) is 0 Å². The Hall–Kier alpha value is 0.698. The van der Waals surface area contributed by atoms with Gasteiger partial charge in [-0.05, 0) is 0 Å². The molecule has 0 bridgehead atoms. The van der Waals surface area contributed by atoms with E-state index >= 15 is 0 Å². The van der Waals surface area contributed by atoms with Crippen LogP contribution < -0.4 is 0 Å². The number of rotatable bonds is 6. The van der Waals surface area contributed by atoms with Gasteiger partial charge < -0.3 is 0 Å². The summed E-state index contributed by atoms with van der Waals surface area (Å²) in [6, 6.07) is 0. The van der Waals surface area contributed by atoms with Crippen molar-refractivity contribution in [2.75, 3.05) is 40.8 Å². The van der Waals surface area contributed by atoms with Crippen LogP contribution in [0.25, 0.3) is 0 Å². The topological polar surface area (TPSA) is 9.72 Å². The van der Waals surface area contributed by atoms with E-state index in [4.69, 9.17) is 0 Å². The third-order valence-corrected chi connectivity index (χ3v) is 9.94. The average Bonchev–Trinajstić information content (AvgIpc) is 2.16. The van der Waals surface area contributed by atoms with Crippen LogP contribution in [0.3, 0.4) is 0 Å². The van der Waals surface area contributed by atoms with E-state index in [0.717, 1.165) is 19.6 Å². The molecule has 0 aliphatic carbocycles. The van der Waals surface area contributed by atoms with Crippen LogP contribution >= 0.6 is 0 Å². The summed E-state index contributed by atoms with van der Waals surface area (Å²) in [4.78, 5) is 0. The van der Waals surface area contributed by atoms with Crippen molar-refractivity contribution in [3.8, 4) is 0 Å². The zero-order chi connectivity index (χ0) is 10.4. The van der Waals surface area contributed by atoms with Crippen molar-refractivity contribution in [1.82, 2.24) is 9.18 Å². The molecule has 0 atom stereocenters. The molecule has 0 rings (SSSR count). The van der Waals surface area contributed by atoms with Crippen LogP contribution in [0.4, 0.5) is 0 Å². The molecule has 0 aromatic carbocycles. The molecule has 0 aliphatic heterocycles. The Morgan fingerprint density at radius 3 is 1.08 bits per heavy atom. The standard InChI is InChI=1S/3C3H8N.Sb/c3*1-3-4-2;/h3*3H2,1-2H3;/q3*-1;+3. The Kier molecular flexibility index (Phi) is 7.43. The monoisotopic (exact) mass is 295 g/mol. The van der Waals surface area contributed by atoms with Crippen molar-refractivity contribution >= 4 is 21.0 Å². The van der Waals surface area contributed by atoms with Gasteiger partial charge in [0.25, 0.3) is 0 Å². The summed E-state index contributed by atoms with van der Waals surface area (Å²) in [7, 11) is 6.75. The molecule has 80 valence electrons. The Labute approximate surface area is 91.7 Å². The van der Waals surface area contributed by atoms with Gasteiger partial charge in [0, 0.05) is 0 Å². The molecule has 0 heterocycles. The number of hydrogen-bond acceptors (Lipinski definition) is 3. The third-order valence-electron chi connectivity index (χ3n) is 2.29. The predicted octanol–water partition coefficient (Wildman–Crippen LogP) is 0.826. The molecule has 0 spiro atoms. The number of nitrogens with zero attached hydrogens (tertiary/aromatic N) is 3. The SMILES string of the molecule is CC[N](C)[Sb]([N](C)CC)[N](C)CC. The predicted molar refractivity (Wildman–Crippen MR) is 60.7 cm³/mol.